The van der Waals surface area contributed by atoms with Gasteiger partial charge in [0.15, 0.2) is 0 Å². The molecular formula is C28H32N2O5S. The first-order valence-electron chi connectivity index (χ1n) is 12.0. The Kier molecular flexibility index (Phi) is 7.96. The number of ether oxygens (including phenoxy) is 2. The largest absolute Gasteiger partial charge is 0.495 e. The number of carbonyl (C=O) groups is 1. The summed E-state index contributed by atoms with van der Waals surface area (Å²) < 4.78 is 39.6. The van der Waals surface area contributed by atoms with Crippen molar-refractivity contribution in [3.05, 3.63) is 90.0 Å². The summed E-state index contributed by atoms with van der Waals surface area (Å²) in [6, 6.07) is 23.5. The maximum atomic E-state index is 13.7. The fourth-order valence-electron chi connectivity index (χ4n) is 4.55. The average Bonchev–Trinajstić information content (AvgIpc) is 2.92. The van der Waals surface area contributed by atoms with Crippen LogP contribution in [0.3, 0.4) is 0 Å². The van der Waals surface area contributed by atoms with Crippen LogP contribution in [0.4, 0.5) is 5.69 Å². The highest BCUT2D eigenvalue weighted by atomic mass is 32.2. The van der Waals surface area contributed by atoms with Crippen LogP contribution in [-0.4, -0.2) is 47.7 Å². The van der Waals surface area contributed by atoms with Crippen LogP contribution in [0, 0.1) is 6.92 Å². The first kappa shape index (κ1) is 25.7. The van der Waals surface area contributed by atoms with Crippen LogP contribution < -0.4 is 14.4 Å². The van der Waals surface area contributed by atoms with Gasteiger partial charge in [-0.3, -0.25) is 9.10 Å². The first-order valence-corrected chi connectivity index (χ1v) is 13.4. The van der Waals surface area contributed by atoms with Crippen molar-refractivity contribution in [2.75, 3.05) is 37.7 Å². The van der Waals surface area contributed by atoms with Crippen molar-refractivity contribution in [1.29, 1.82) is 0 Å². The predicted molar refractivity (Wildman–Crippen MR) is 140 cm³/mol. The number of hydrogen-bond donors (Lipinski definition) is 1. The third kappa shape index (κ3) is 5.55. The summed E-state index contributed by atoms with van der Waals surface area (Å²) in [5.74, 6) is -0.0236. The van der Waals surface area contributed by atoms with E-state index in [-0.39, 0.29) is 16.9 Å². The Morgan fingerprint density at radius 1 is 0.972 bits per heavy atom. The minimum absolute atomic E-state index is 0.108. The molecule has 0 bridgehead atoms. The van der Waals surface area contributed by atoms with Gasteiger partial charge in [0, 0.05) is 25.2 Å². The Morgan fingerprint density at radius 3 is 2.28 bits per heavy atom. The highest BCUT2D eigenvalue weighted by molar-refractivity contribution is 7.92. The Morgan fingerprint density at radius 2 is 1.61 bits per heavy atom. The molecule has 1 fully saturated rings. The minimum atomic E-state index is -4.04. The van der Waals surface area contributed by atoms with E-state index in [1.165, 1.54) is 7.11 Å². The molecule has 0 aromatic heterocycles. The van der Waals surface area contributed by atoms with E-state index in [2.05, 4.69) is 17.4 Å². The lowest BCUT2D eigenvalue weighted by molar-refractivity contribution is -0.120. The number of nitrogens with one attached hydrogen (secondary N) is 1. The van der Waals surface area contributed by atoms with E-state index in [1.54, 1.807) is 48.5 Å². The zero-order chi connectivity index (χ0) is 25.6. The minimum Gasteiger partial charge on any atom is -0.495 e. The van der Waals surface area contributed by atoms with Gasteiger partial charge < -0.3 is 14.8 Å². The fraction of sp³-hybridized carbons (Fsp3) is 0.321. The molecule has 1 aliphatic heterocycles. The molecule has 3 aromatic rings. The van der Waals surface area contributed by atoms with Gasteiger partial charge in [0.2, 0.25) is 5.91 Å². The van der Waals surface area contributed by atoms with E-state index >= 15 is 0 Å². The third-order valence-corrected chi connectivity index (χ3v) is 8.48. The second kappa shape index (κ2) is 11.1. The molecule has 1 heterocycles. The summed E-state index contributed by atoms with van der Waals surface area (Å²) in [4.78, 5) is 13.4. The molecule has 0 spiro atoms. The second-order valence-corrected chi connectivity index (χ2v) is 10.9. The van der Waals surface area contributed by atoms with Gasteiger partial charge in [-0.05, 0) is 49.6 Å². The number of methoxy groups -OCH3 is 1. The maximum Gasteiger partial charge on any atom is 0.264 e. The second-order valence-electron chi connectivity index (χ2n) is 9.03. The molecule has 7 nitrogen and oxygen atoms in total. The van der Waals surface area contributed by atoms with Crippen LogP contribution in [0.25, 0.3) is 0 Å². The van der Waals surface area contributed by atoms with E-state index in [0.717, 1.165) is 28.3 Å². The molecule has 190 valence electrons. The molecule has 0 radical (unpaired) electrons. The molecule has 8 heteroatoms. The van der Waals surface area contributed by atoms with Gasteiger partial charge in [-0.2, -0.15) is 0 Å². The molecule has 0 unspecified atom stereocenters. The number of hydrogen-bond acceptors (Lipinski definition) is 5. The van der Waals surface area contributed by atoms with Crippen molar-refractivity contribution in [1.82, 2.24) is 5.32 Å². The van der Waals surface area contributed by atoms with Gasteiger partial charge in [-0.1, -0.05) is 60.2 Å². The lowest BCUT2D eigenvalue weighted by Gasteiger charge is -2.38. The van der Waals surface area contributed by atoms with E-state index in [4.69, 9.17) is 9.47 Å². The van der Waals surface area contributed by atoms with Crippen LogP contribution in [0.15, 0.2) is 83.8 Å². The first-order chi connectivity index (χ1) is 17.4. The van der Waals surface area contributed by atoms with Crippen molar-refractivity contribution in [2.24, 2.45) is 0 Å². The zero-order valence-corrected chi connectivity index (χ0v) is 21.5. The van der Waals surface area contributed by atoms with Crippen LogP contribution in [0.5, 0.6) is 5.75 Å². The van der Waals surface area contributed by atoms with Gasteiger partial charge in [0.1, 0.15) is 12.3 Å². The topological polar surface area (TPSA) is 84.9 Å². The quantitative estimate of drug-likeness (QED) is 0.471. The van der Waals surface area contributed by atoms with E-state index in [0.29, 0.717) is 31.2 Å². The summed E-state index contributed by atoms with van der Waals surface area (Å²) in [6.07, 6.45) is 1.55. The zero-order valence-electron chi connectivity index (χ0n) is 20.6. The Labute approximate surface area is 213 Å². The van der Waals surface area contributed by atoms with Gasteiger partial charge >= 0.3 is 0 Å². The molecule has 3 aromatic carbocycles. The lowest BCUT2D eigenvalue weighted by Crippen LogP contribution is -2.48. The highest BCUT2D eigenvalue weighted by Gasteiger charge is 2.35. The highest BCUT2D eigenvalue weighted by Crippen LogP contribution is 2.35. The monoisotopic (exact) mass is 508 g/mol. The van der Waals surface area contributed by atoms with Gasteiger partial charge in [-0.25, -0.2) is 8.42 Å². The summed E-state index contributed by atoms with van der Waals surface area (Å²) >= 11 is 0. The van der Waals surface area contributed by atoms with E-state index in [1.807, 2.05) is 25.1 Å². The molecule has 1 saturated heterocycles. The molecule has 0 atom stereocenters. The smallest absolute Gasteiger partial charge is 0.264 e. The summed E-state index contributed by atoms with van der Waals surface area (Å²) in [5.41, 5.74) is 2.13. The summed E-state index contributed by atoms with van der Waals surface area (Å²) in [7, 11) is -2.56. The van der Waals surface area contributed by atoms with Crippen LogP contribution in [0.1, 0.15) is 24.0 Å². The van der Waals surface area contributed by atoms with Crippen LogP contribution in [0.2, 0.25) is 0 Å². The number of carbonyl (C=O) groups excluding carboxylic acids is 1. The van der Waals surface area contributed by atoms with Crippen molar-refractivity contribution in [2.45, 2.75) is 30.1 Å². The Bertz CT molecular complexity index is 1270. The molecule has 0 saturated carbocycles. The summed E-state index contributed by atoms with van der Waals surface area (Å²) in [5, 5.41) is 3.02. The SMILES string of the molecule is COc1ccccc1N(CC(=O)NCC1(c2ccccc2)CCOCC1)S(=O)(=O)c1ccc(C)cc1. The van der Waals surface area contributed by atoms with Crippen LogP contribution in [-0.2, 0) is 25.0 Å². The molecular weight excluding hydrogens is 476 g/mol. The van der Waals surface area contributed by atoms with Crippen LogP contribution >= 0.6 is 0 Å². The molecule has 1 amide bonds. The number of benzene rings is 3. The van der Waals surface area contributed by atoms with Gasteiger partial charge in [0.05, 0.1) is 17.7 Å². The van der Waals surface area contributed by atoms with Crippen molar-refractivity contribution in [3.63, 3.8) is 0 Å². The normalized spacial score (nSPS) is 15.2. The molecule has 4 rings (SSSR count). The predicted octanol–water partition coefficient (Wildman–Crippen LogP) is 4.06. The Hall–Kier alpha value is -3.36. The number of sulfonamides is 1. The van der Waals surface area contributed by atoms with E-state index < -0.39 is 15.9 Å². The molecule has 36 heavy (non-hydrogen) atoms. The van der Waals surface area contributed by atoms with E-state index in [9.17, 15) is 13.2 Å². The standard InChI is InChI=1S/C28H32N2O5S/c1-22-12-14-24(15-13-22)36(32,33)30(25-10-6-7-11-26(25)34-2)20-27(31)29-21-28(16-18-35-19-17-28)23-8-4-3-5-9-23/h3-15H,16-21H2,1-2H3,(H,29,31). The van der Waals surface area contributed by atoms with Crippen molar-refractivity contribution >= 4 is 21.6 Å². The average molecular weight is 509 g/mol. The number of amides is 1. The Balaban J connectivity index is 1.61. The fourth-order valence-corrected chi connectivity index (χ4v) is 5.98. The van der Waals surface area contributed by atoms with Gasteiger partial charge in [0.25, 0.3) is 10.0 Å². The number of nitrogens with zero attached hydrogens (tertiary/aromatic N) is 1. The number of para-hydroxylation sites is 2. The number of aryl methyl sites for hydroxylation is 1. The molecule has 0 aliphatic carbocycles. The van der Waals surface area contributed by atoms with Crippen molar-refractivity contribution in [3.8, 4) is 5.75 Å². The maximum absolute atomic E-state index is 13.7. The molecule has 1 aliphatic rings. The van der Waals surface area contributed by atoms with Gasteiger partial charge in [-0.15, -0.1) is 0 Å². The number of rotatable bonds is 9. The van der Waals surface area contributed by atoms with Crippen molar-refractivity contribution < 1.29 is 22.7 Å². The lowest BCUT2D eigenvalue weighted by atomic mass is 9.74. The number of anilines is 1. The third-order valence-electron chi connectivity index (χ3n) is 6.71. The molecule has 1 N–H and O–H groups in total. The summed E-state index contributed by atoms with van der Waals surface area (Å²) in [6.45, 7) is 3.13.